The molecule has 0 unspecified atom stereocenters. The zero-order valence-corrected chi connectivity index (χ0v) is 24.8. The SMILES string of the molecule is CN(C)CCOc1cc(F)cc(-c2cncc3[nH]c(-c4n[nH]c5ncc(-c6cncc(NC(=O)CN(C)C)c6)cc45)cc23)c1. The minimum atomic E-state index is -0.386. The first-order chi connectivity index (χ1) is 21.2. The van der Waals surface area contributed by atoms with Gasteiger partial charge in [-0.2, -0.15) is 5.10 Å². The highest BCUT2D eigenvalue weighted by molar-refractivity contribution is 6.01. The molecule has 6 aromatic rings. The number of ether oxygens (including phenoxy) is 1. The summed E-state index contributed by atoms with van der Waals surface area (Å²) in [6, 6.07) is 10.5. The molecule has 0 spiro atoms. The monoisotopic (exact) mass is 593 g/mol. The summed E-state index contributed by atoms with van der Waals surface area (Å²) in [5.74, 6) is -0.0520. The first-order valence-corrected chi connectivity index (χ1v) is 14.0. The Balaban J connectivity index is 1.33. The van der Waals surface area contributed by atoms with Crippen molar-refractivity contribution < 1.29 is 13.9 Å². The Bertz CT molecular complexity index is 1960. The summed E-state index contributed by atoms with van der Waals surface area (Å²) in [5.41, 5.74) is 6.46. The van der Waals surface area contributed by atoms with Gasteiger partial charge in [-0.15, -0.1) is 0 Å². The summed E-state index contributed by atoms with van der Waals surface area (Å²) in [6.07, 6.45) is 8.53. The number of hydrogen-bond acceptors (Lipinski definition) is 8. The summed E-state index contributed by atoms with van der Waals surface area (Å²) < 4.78 is 20.5. The number of fused-ring (bicyclic) bond motifs is 2. The van der Waals surface area contributed by atoms with Crippen molar-refractivity contribution in [3.63, 3.8) is 0 Å². The Kier molecular flexibility index (Phi) is 8.01. The number of nitrogens with one attached hydrogen (secondary N) is 3. The van der Waals surface area contributed by atoms with Crippen molar-refractivity contribution in [2.75, 3.05) is 53.2 Å². The lowest BCUT2D eigenvalue weighted by Crippen LogP contribution is -2.27. The van der Waals surface area contributed by atoms with Crippen molar-refractivity contribution in [2.45, 2.75) is 0 Å². The van der Waals surface area contributed by atoms with Crippen LogP contribution in [0.3, 0.4) is 0 Å². The molecule has 6 rings (SSSR count). The molecular formula is C32H32FN9O2. The second kappa shape index (κ2) is 12.2. The molecule has 0 atom stereocenters. The normalized spacial score (nSPS) is 11.6. The van der Waals surface area contributed by atoms with E-state index in [2.05, 4.69) is 35.5 Å². The number of aromatic nitrogens is 6. The van der Waals surface area contributed by atoms with Gasteiger partial charge in [0, 0.05) is 58.7 Å². The molecule has 0 aliphatic rings. The van der Waals surface area contributed by atoms with E-state index in [1.165, 1.54) is 12.1 Å². The van der Waals surface area contributed by atoms with E-state index in [0.29, 0.717) is 41.5 Å². The number of benzene rings is 1. The van der Waals surface area contributed by atoms with Gasteiger partial charge in [-0.05, 0) is 64.1 Å². The number of carbonyl (C=O) groups excluding carboxylic acids is 1. The van der Waals surface area contributed by atoms with Crippen LogP contribution in [0.2, 0.25) is 0 Å². The number of hydrogen-bond donors (Lipinski definition) is 3. The van der Waals surface area contributed by atoms with Gasteiger partial charge in [-0.3, -0.25) is 19.9 Å². The number of H-pyrrole nitrogens is 2. The molecule has 1 aromatic carbocycles. The second-order valence-corrected chi connectivity index (χ2v) is 11.1. The maximum absolute atomic E-state index is 14.7. The van der Waals surface area contributed by atoms with Crippen LogP contribution in [-0.2, 0) is 4.79 Å². The van der Waals surface area contributed by atoms with Gasteiger partial charge in [0.05, 0.1) is 35.8 Å². The first-order valence-electron chi connectivity index (χ1n) is 14.0. The van der Waals surface area contributed by atoms with E-state index >= 15 is 0 Å². The maximum atomic E-state index is 14.7. The topological polar surface area (TPSA) is 128 Å². The van der Waals surface area contributed by atoms with Crippen LogP contribution in [0.15, 0.2) is 67.4 Å². The lowest BCUT2D eigenvalue weighted by Gasteiger charge is -2.12. The number of aromatic amines is 2. The van der Waals surface area contributed by atoms with Crippen molar-refractivity contribution in [2.24, 2.45) is 0 Å². The van der Waals surface area contributed by atoms with Crippen molar-refractivity contribution in [1.29, 1.82) is 0 Å². The summed E-state index contributed by atoms with van der Waals surface area (Å²) >= 11 is 0. The standard InChI is InChI=1S/C32H32FN9O2/c1-41(2)5-6-44-24-9-19(7-22(33)11-24)27-16-35-17-29-25(27)12-28(38-29)31-26-10-21(14-36-32(26)40-39-31)20-8-23(15-34-13-20)37-30(43)18-42(3)4/h7-17,38H,5-6,18H2,1-4H3,(H,37,43)(H,36,39,40). The zero-order valence-electron chi connectivity index (χ0n) is 24.8. The van der Waals surface area contributed by atoms with Crippen LogP contribution in [0.5, 0.6) is 5.75 Å². The van der Waals surface area contributed by atoms with Crippen molar-refractivity contribution in [1.82, 2.24) is 39.9 Å². The number of likely N-dealkylation sites (N-methyl/N-ethyl adjacent to an activating group) is 2. The molecule has 0 saturated carbocycles. The summed E-state index contributed by atoms with van der Waals surface area (Å²) in [6.45, 7) is 1.43. The number of halogens is 1. The first kappa shape index (κ1) is 28.9. The Labute approximate surface area is 253 Å². The summed E-state index contributed by atoms with van der Waals surface area (Å²) in [4.78, 5) is 32.8. The number of rotatable bonds is 10. The fourth-order valence-corrected chi connectivity index (χ4v) is 4.98. The highest BCUT2D eigenvalue weighted by Crippen LogP contribution is 2.35. The van der Waals surface area contributed by atoms with Crippen molar-refractivity contribution >= 4 is 33.5 Å². The molecule has 1 amide bonds. The predicted octanol–water partition coefficient (Wildman–Crippen LogP) is 4.81. The van der Waals surface area contributed by atoms with Gasteiger partial charge in [-0.1, -0.05) is 0 Å². The van der Waals surface area contributed by atoms with Gasteiger partial charge in [0.1, 0.15) is 23.9 Å². The van der Waals surface area contributed by atoms with Crippen molar-refractivity contribution in [3.8, 4) is 39.4 Å². The molecule has 0 aliphatic carbocycles. The molecule has 224 valence electrons. The van der Waals surface area contributed by atoms with E-state index in [4.69, 9.17) is 4.74 Å². The van der Waals surface area contributed by atoms with Crippen LogP contribution >= 0.6 is 0 Å². The van der Waals surface area contributed by atoms with Crippen LogP contribution in [0.25, 0.3) is 55.6 Å². The molecule has 3 N–H and O–H groups in total. The van der Waals surface area contributed by atoms with Crippen LogP contribution in [-0.4, -0.2) is 93.7 Å². The number of pyridine rings is 3. The third-order valence-electron chi connectivity index (χ3n) is 7.02. The molecule has 0 saturated heterocycles. The third-order valence-corrected chi connectivity index (χ3v) is 7.02. The van der Waals surface area contributed by atoms with Gasteiger partial charge in [0.15, 0.2) is 5.65 Å². The Morgan fingerprint density at radius 2 is 1.70 bits per heavy atom. The summed E-state index contributed by atoms with van der Waals surface area (Å²) in [7, 11) is 7.59. The zero-order chi connectivity index (χ0) is 30.8. The van der Waals surface area contributed by atoms with Gasteiger partial charge in [-0.25, -0.2) is 9.37 Å². The average Bonchev–Trinajstić information content (AvgIpc) is 3.60. The Hall–Kier alpha value is -5.20. The van der Waals surface area contributed by atoms with E-state index in [-0.39, 0.29) is 18.3 Å². The summed E-state index contributed by atoms with van der Waals surface area (Å²) in [5, 5.41) is 12.1. The average molecular weight is 594 g/mol. The molecule has 0 fully saturated rings. The molecule has 11 nitrogen and oxygen atoms in total. The van der Waals surface area contributed by atoms with Crippen LogP contribution < -0.4 is 10.1 Å². The molecule has 0 radical (unpaired) electrons. The smallest absolute Gasteiger partial charge is 0.238 e. The molecular weight excluding hydrogens is 561 g/mol. The fraction of sp³-hybridized carbons (Fsp3) is 0.219. The van der Waals surface area contributed by atoms with E-state index < -0.39 is 0 Å². The predicted molar refractivity (Wildman–Crippen MR) is 169 cm³/mol. The van der Waals surface area contributed by atoms with E-state index in [1.54, 1.807) is 35.9 Å². The number of anilines is 1. The van der Waals surface area contributed by atoms with E-state index in [0.717, 1.165) is 38.7 Å². The highest BCUT2D eigenvalue weighted by Gasteiger charge is 2.17. The molecule has 44 heavy (non-hydrogen) atoms. The highest BCUT2D eigenvalue weighted by atomic mass is 19.1. The Morgan fingerprint density at radius 1 is 0.886 bits per heavy atom. The molecule has 5 heterocycles. The lowest BCUT2D eigenvalue weighted by atomic mass is 10.0. The van der Waals surface area contributed by atoms with Crippen LogP contribution in [0, 0.1) is 5.82 Å². The molecule has 0 aliphatic heterocycles. The minimum Gasteiger partial charge on any atom is -0.492 e. The van der Waals surface area contributed by atoms with E-state index in [9.17, 15) is 9.18 Å². The minimum absolute atomic E-state index is 0.126. The lowest BCUT2D eigenvalue weighted by molar-refractivity contribution is -0.116. The number of nitrogens with zero attached hydrogens (tertiary/aromatic N) is 6. The largest absolute Gasteiger partial charge is 0.492 e. The van der Waals surface area contributed by atoms with Crippen molar-refractivity contribution in [3.05, 3.63) is 73.2 Å². The number of amides is 1. The van der Waals surface area contributed by atoms with Gasteiger partial charge in [0.25, 0.3) is 0 Å². The van der Waals surface area contributed by atoms with Gasteiger partial charge < -0.3 is 24.8 Å². The molecule has 12 heteroatoms. The number of carbonyl (C=O) groups is 1. The maximum Gasteiger partial charge on any atom is 0.238 e. The fourth-order valence-electron chi connectivity index (χ4n) is 4.98. The Morgan fingerprint density at radius 3 is 2.52 bits per heavy atom. The van der Waals surface area contributed by atoms with Crippen LogP contribution in [0.1, 0.15) is 0 Å². The third kappa shape index (κ3) is 6.26. The van der Waals surface area contributed by atoms with E-state index in [1.807, 2.05) is 57.4 Å². The van der Waals surface area contributed by atoms with Gasteiger partial charge >= 0.3 is 0 Å². The molecule has 0 bridgehead atoms. The van der Waals surface area contributed by atoms with Gasteiger partial charge in [0.2, 0.25) is 5.91 Å². The second-order valence-electron chi connectivity index (χ2n) is 11.1. The quantitative estimate of drug-likeness (QED) is 0.207. The molecule has 5 aromatic heterocycles. The van der Waals surface area contributed by atoms with Crippen LogP contribution in [0.4, 0.5) is 10.1 Å².